The van der Waals surface area contributed by atoms with E-state index in [1.54, 1.807) is 0 Å². The summed E-state index contributed by atoms with van der Waals surface area (Å²) in [7, 11) is 0. The van der Waals surface area contributed by atoms with E-state index in [4.69, 9.17) is 0 Å². The average Bonchev–Trinajstić information content (AvgIpc) is 3.01. The van der Waals surface area contributed by atoms with Crippen LogP contribution in [0.4, 0.5) is 4.39 Å². The molecule has 20 heavy (non-hydrogen) atoms. The van der Waals surface area contributed by atoms with Crippen molar-refractivity contribution in [3.63, 3.8) is 0 Å². The maximum atomic E-state index is 14.0. The largest absolute Gasteiger partial charge is 0.393 e. The highest BCUT2D eigenvalue weighted by molar-refractivity contribution is 9.10. The Bertz CT molecular complexity index is 482. The predicted octanol–water partition coefficient (Wildman–Crippen LogP) is 3.71. The third-order valence-electron chi connectivity index (χ3n) is 4.83. The van der Waals surface area contributed by atoms with Crippen LogP contribution in [0, 0.1) is 11.7 Å². The summed E-state index contributed by atoms with van der Waals surface area (Å²) in [5.41, 5.74) is 0.757. The SMILES string of the molecule is OC1CCCC1C1CCCN1Cc1ccc(Br)cc1F. The molecule has 2 nitrogen and oxygen atoms in total. The van der Waals surface area contributed by atoms with E-state index in [2.05, 4.69) is 20.8 Å². The lowest BCUT2D eigenvalue weighted by Gasteiger charge is -2.31. The Labute approximate surface area is 128 Å². The molecule has 110 valence electrons. The molecule has 2 fully saturated rings. The van der Waals surface area contributed by atoms with Gasteiger partial charge in [0.2, 0.25) is 0 Å². The number of hydrogen-bond donors (Lipinski definition) is 1. The van der Waals surface area contributed by atoms with Crippen molar-refractivity contribution in [2.75, 3.05) is 6.54 Å². The first-order valence-electron chi connectivity index (χ1n) is 7.51. The van der Waals surface area contributed by atoms with Crippen LogP contribution in [-0.2, 0) is 6.54 Å². The third kappa shape index (κ3) is 2.92. The fraction of sp³-hybridized carbons (Fsp3) is 0.625. The van der Waals surface area contributed by atoms with Crippen molar-refractivity contribution in [2.24, 2.45) is 5.92 Å². The van der Waals surface area contributed by atoms with Crippen LogP contribution in [0.1, 0.15) is 37.7 Å². The number of nitrogens with zero attached hydrogens (tertiary/aromatic N) is 1. The van der Waals surface area contributed by atoms with Crippen LogP contribution in [-0.4, -0.2) is 28.7 Å². The topological polar surface area (TPSA) is 23.5 Å². The number of benzene rings is 1. The van der Waals surface area contributed by atoms with Crippen molar-refractivity contribution in [3.8, 4) is 0 Å². The van der Waals surface area contributed by atoms with Gasteiger partial charge in [-0.25, -0.2) is 4.39 Å². The van der Waals surface area contributed by atoms with Crippen molar-refractivity contribution in [1.29, 1.82) is 0 Å². The van der Waals surface area contributed by atoms with Gasteiger partial charge in [-0.1, -0.05) is 28.4 Å². The van der Waals surface area contributed by atoms with E-state index in [0.717, 1.165) is 48.7 Å². The van der Waals surface area contributed by atoms with E-state index >= 15 is 0 Å². The van der Waals surface area contributed by atoms with Crippen LogP contribution >= 0.6 is 15.9 Å². The Morgan fingerprint density at radius 2 is 2.10 bits per heavy atom. The number of likely N-dealkylation sites (tertiary alicyclic amines) is 1. The summed E-state index contributed by atoms with van der Waals surface area (Å²) in [6.45, 7) is 1.68. The maximum absolute atomic E-state index is 14.0. The monoisotopic (exact) mass is 341 g/mol. The molecule has 1 aliphatic carbocycles. The summed E-state index contributed by atoms with van der Waals surface area (Å²) >= 11 is 3.30. The van der Waals surface area contributed by atoms with E-state index < -0.39 is 0 Å². The molecule has 0 spiro atoms. The Kier molecular flexibility index (Phi) is 4.43. The fourth-order valence-corrected chi connectivity index (χ4v) is 4.15. The molecule has 3 atom stereocenters. The second kappa shape index (κ2) is 6.12. The summed E-state index contributed by atoms with van der Waals surface area (Å²) < 4.78 is 14.8. The van der Waals surface area contributed by atoms with E-state index in [9.17, 15) is 9.50 Å². The molecular weight excluding hydrogens is 321 g/mol. The van der Waals surface area contributed by atoms with Gasteiger partial charge in [0.15, 0.2) is 0 Å². The molecule has 1 heterocycles. The number of halogens is 2. The van der Waals surface area contributed by atoms with Crippen LogP contribution in [0.3, 0.4) is 0 Å². The standard InChI is InChI=1S/C16H21BrFNO/c17-12-7-6-11(14(18)9-12)10-19-8-2-4-15(19)13-3-1-5-16(13)20/h6-7,9,13,15-16,20H,1-5,8,10H2. The zero-order chi connectivity index (χ0) is 14.1. The number of rotatable bonds is 3. The summed E-state index contributed by atoms with van der Waals surface area (Å²) in [5, 5.41) is 10.1. The van der Waals surface area contributed by atoms with Gasteiger partial charge in [0, 0.05) is 28.5 Å². The molecule has 0 radical (unpaired) electrons. The second-order valence-corrected chi connectivity index (χ2v) is 6.99. The average molecular weight is 342 g/mol. The highest BCUT2D eigenvalue weighted by Gasteiger charge is 2.38. The minimum absolute atomic E-state index is 0.142. The first-order valence-corrected chi connectivity index (χ1v) is 8.30. The van der Waals surface area contributed by atoms with Gasteiger partial charge in [-0.3, -0.25) is 4.90 Å². The molecule has 2 aliphatic rings. The molecule has 1 saturated heterocycles. The molecule has 3 unspecified atom stereocenters. The van der Waals surface area contributed by atoms with Gasteiger partial charge in [-0.15, -0.1) is 0 Å². The van der Waals surface area contributed by atoms with Gasteiger partial charge in [-0.2, -0.15) is 0 Å². The zero-order valence-electron chi connectivity index (χ0n) is 11.6. The van der Waals surface area contributed by atoms with Crippen LogP contribution in [0.2, 0.25) is 0 Å². The van der Waals surface area contributed by atoms with Crippen LogP contribution in [0.5, 0.6) is 0 Å². The van der Waals surface area contributed by atoms with Gasteiger partial charge >= 0.3 is 0 Å². The quantitative estimate of drug-likeness (QED) is 0.905. The molecule has 1 N–H and O–H groups in total. The Balaban J connectivity index is 1.72. The lowest BCUT2D eigenvalue weighted by Crippen LogP contribution is -2.38. The van der Waals surface area contributed by atoms with Crippen molar-refractivity contribution >= 4 is 15.9 Å². The Hall–Kier alpha value is -0.450. The van der Waals surface area contributed by atoms with E-state index in [1.807, 2.05) is 12.1 Å². The van der Waals surface area contributed by atoms with Gasteiger partial charge < -0.3 is 5.11 Å². The molecular formula is C16H21BrFNO. The molecule has 1 aromatic carbocycles. The Morgan fingerprint density at radius 3 is 2.80 bits per heavy atom. The highest BCUT2D eigenvalue weighted by Crippen LogP contribution is 2.36. The fourth-order valence-electron chi connectivity index (χ4n) is 3.82. The Morgan fingerprint density at radius 1 is 1.25 bits per heavy atom. The third-order valence-corrected chi connectivity index (χ3v) is 5.32. The first-order chi connectivity index (χ1) is 9.65. The normalized spacial score (nSPS) is 31.1. The molecule has 1 aliphatic heterocycles. The second-order valence-electron chi connectivity index (χ2n) is 6.08. The lowest BCUT2D eigenvalue weighted by molar-refractivity contribution is 0.0715. The summed E-state index contributed by atoms with van der Waals surface area (Å²) in [5.74, 6) is 0.244. The molecule has 0 bridgehead atoms. The molecule has 1 saturated carbocycles. The van der Waals surface area contributed by atoms with Crippen LogP contribution < -0.4 is 0 Å². The molecule has 4 heteroatoms. The number of hydrogen-bond acceptors (Lipinski definition) is 2. The number of aliphatic hydroxyl groups excluding tert-OH is 1. The predicted molar refractivity (Wildman–Crippen MR) is 80.9 cm³/mol. The van der Waals surface area contributed by atoms with Crippen molar-refractivity contribution < 1.29 is 9.50 Å². The van der Waals surface area contributed by atoms with Gasteiger partial charge in [0.05, 0.1) is 6.10 Å². The van der Waals surface area contributed by atoms with Crippen molar-refractivity contribution in [2.45, 2.75) is 50.8 Å². The molecule has 0 aromatic heterocycles. The smallest absolute Gasteiger partial charge is 0.128 e. The van der Waals surface area contributed by atoms with Gasteiger partial charge in [0.1, 0.15) is 5.82 Å². The van der Waals surface area contributed by atoms with Gasteiger partial charge in [-0.05, 0) is 44.4 Å². The van der Waals surface area contributed by atoms with Gasteiger partial charge in [0.25, 0.3) is 0 Å². The minimum Gasteiger partial charge on any atom is -0.393 e. The van der Waals surface area contributed by atoms with Crippen LogP contribution in [0.25, 0.3) is 0 Å². The number of aliphatic hydroxyl groups is 1. The molecule has 1 aromatic rings. The van der Waals surface area contributed by atoms with E-state index in [-0.39, 0.29) is 11.9 Å². The lowest BCUT2D eigenvalue weighted by atomic mass is 9.94. The summed E-state index contributed by atoms with van der Waals surface area (Å²) in [6.07, 6.45) is 5.32. The van der Waals surface area contributed by atoms with E-state index in [0.29, 0.717) is 18.5 Å². The van der Waals surface area contributed by atoms with E-state index in [1.165, 1.54) is 6.07 Å². The van der Waals surface area contributed by atoms with Crippen LogP contribution in [0.15, 0.2) is 22.7 Å². The first kappa shape index (κ1) is 14.5. The summed E-state index contributed by atoms with van der Waals surface area (Å²) in [4.78, 5) is 2.37. The maximum Gasteiger partial charge on any atom is 0.128 e. The highest BCUT2D eigenvalue weighted by atomic mass is 79.9. The minimum atomic E-state index is -0.157. The van der Waals surface area contributed by atoms with Crippen molar-refractivity contribution in [1.82, 2.24) is 4.90 Å². The summed E-state index contributed by atoms with van der Waals surface area (Å²) in [6, 6.07) is 5.72. The zero-order valence-corrected chi connectivity index (χ0v) is 13.2. The molecule has 0 amide bonds. The van der Waals surface area contributed by atoms with Crippen molar-refractivity contribution in [3.05, 3.63) is 34.1 Å². The molecule has 3 rings (SSSR count).